The van der Waals surface area contributed by atoms with Crippen molar-refractivity contribution in [2.45, 2.75) is 23.8 Å². The Balaban J connectivity index is 1.96. The van der Waals surface area contributed by atoms with Gasteiger partial charge in [-0.1, -0.05) is 18.2 Å². The van der Waals surface area contributed by atoms with E-state index in [0.717, 1.165) is 29.7 Å². The maximum atomic E-state index is 13.8. The van der Waals surface area contributed by atoms with Crippen LogP contribution in [0.25, 0.3) is 11.0 Å². The lowest BCUT2D eigenvalue weighted by atomic mass is 10.0. The summed E-state index contributed by atoms with van der Waals surface area (Å²) in [6, 6.07) is 10.1. The van der Waals surface area contributed by atoms with Crippen molar-refractivity contribution in [3.63, 3.8) is 0 Å². The van der Waals surface area contributed by atoms with Gasteiger partial charge in [0, 0.05) is 18.7 Å². The molecule has 0 N–H and O–H groups in total. The molecule has 0 aliphatic carbocycles. The molecule has 1 aromatic heterocycles. The summed E-state index contributed by atoms with van der Waals surface area (Å²) in [4.78, 5) is 4.85. The van der Waals surface area contributed by atoms with Crippen LogP contribution in [0.15, 0.2) is 45.8 Å². The second-order valence-corrected chi connectivity index (χ2v) is 8.86. The summed E-state index contributed by atoms with van der Waals surface area (Å²) in [5, 5.41) is 0. The molecule has 2 heterocycles. The third kappa shape index (κ3) is 2.38. The molecule has 7 heteroatoms. The summed E-state index contributed by atoms with van der Waals surface area (Å²) in [5.74, 6) is 0.503. The third-order valence-corrected chi connectivity index (χ3v) is 6.21. The summed E-state index contributed by atoms with van der Waals surface area (Å²) in [6.45, 7) is 0. The van der Waals surface area contributed by atoms with E-state index in [-0.39, 0.29) is 11.9 Å². The average molecular weight is 409 g/mol. The number of benzene rings is 2. The SMILES string of the molecule is CS(=O)(=O)c1ccccc1C1CCc2nc3cc(F)c(Br)cc3n21. The molecule has 1 atom stereocenters. The third-order valence-electron chi connectivity index (χ3n) is 4.44. The zero-order chi connectivity index (χ0) is 17.1. The molecule has 4 nitrogen and oxygen atoms in total. The van der Waals surface area contributed by atoms with Gasteiger partial charge in [-0.15, -0.1) is 0 Å². The number of hydrogen-bond donors (Lipinski definition) is 0. The highest BCUT2D eigenvalue weighted by Gasteiger charge is 2.30. The lowest BCUT2D eigenvalue weighted by Crippen LogP contribution is -2.11. The summed E-state index contributed by atoms with van der Waals surface area (Å²) in [5.41, 5.74) is 2.16. The summed E-state index contributed by atoms with van der Waals surface area (Å²) < 4.78 is 40.5. The van der Waals surface area contributed by atoms with E-state index in [2.05, 4.69) is 20.9 Å². The molecule has 1 aliphatic heterocycles. The van der Waals surface area contributed by atoms with Gasteiger partial charge in [0.1, 0.15) is 11.6 Å². The summed E-state index contributed by atoms with van der Waals surface area (Å²) >= 11 is 3.22. The molecule has 0 saturated carbocycles. The molecule has 0 fully saturated rings. The van der Waals surface area contributed by atoms with E-state index in [4.69, 9.17) is 0 Å². The van der Waals surface area contributed by atoms with Crippen LogP contribution in [0.5, 0.6) is 0 Å². The minimum absolute atomic E-state index is 0.117. The van der Waals surface area contributed by atoms with Gasteiger partial charge in [0.05, 0.1) is 26.4 Å². The highest BCUT2D eigenvalue weighted by molar-refractivity contribution is 9.10. The van der Waals surface area contributed by atoms with Crippen molar-refractivity contribution in [3.8, 4) is 0 Å². The first-order valence-electron chi connectivity index (χ1n) is 7.51. The van der Waals surface area contributed by atoms with Crippen LogP contribution in [0, 0.1) is 5.82 Å². The zero-order valence-corrected chi connectivity index (χ0v) is 15.2. The van der Waals surface area contributed by atoms with Gasteiger partial charge in [-0.3, -0.25) is 0 Å². The van der Waals surface area contributed by atoms with E-state index in [1.165, 1.54) is 12.3 Å². The Hall–Kier alpha value is -1.73. The Kier molecular flexibility index (Phi) is 3.54. The Bertz CT molecular complexity index is 1080. The normalized spacial score (nSPS) is 17.4. The Labute approximate surface area is 147 Å². The molecule has 2 aromatic carbocycles. The highest BCUT2D eigenvalue weighted by Crippen LogP contribution is 2.38. The van der Waals surface area contributed by atoms with E-state index < -0.39 is 9.84 Å². The lowest BCUT2D eigenvalue weighted by molar-refractivity contribution is 0.589. The number of imidazole rings is 1. The molecule has 0 spiro atoms. The Morgan fingerprint density at radius 2 is 2.04 bits per heavy atom. The van der Waals surface area contributed by atoms with E-state index in [0.29, 0.717) is 14.9 Å². The van der Waals surface area contributed by atoms with Gasteiger partial charge in [0.25, 0.3) is 0 Å². The van der Waals surface area contributed by atoms with Crippen molar-refractivity contribution in [2.75, 3.05) is 6.26 Å². The lowest BCUT2D eigenvalue weighted by Gasteiger charge is -2.18. The topological polar surface area (TPSA) is 52.0 Å². The second kappa shape index (κ2) is 5.39. The molecule has 24 heavy (non-hydrogen) atoms. The number of fused-ring (bicyclic) bond motifs is 3. The van der Waals surface area contributed by atoms with Crippen LogP contribution in [0.1, 0.15) is 23.9 Å². The van der Waals surface area contributed by atoms with Crippen LogP contribution in [0.4, 0.5) is 4.39 Å². The first-order chi connectivity index (χ1) is 11.4. The minimum Gasteiger partial charge on any atom is -0.320 e. The smallest absolute Gasteiger partial charge is 0.175 e. The molecule has 4 rings (SSSR count). The standard InChI is InChI=1S/C17H14BrFN2O2S/c1-24(22,23)16-5-3-2-4-10(16)14-6-7-17-20-13-9-12(19)11(18)8-15(13)21(14)17/h2-5,8-9,14H,6-7H2,1H3. The molecular weight excluding hydrogens is 395 g/mol. The number of sulfone groups is 1. The van der Waals surface area contributed by atoms with Crippen LogP contribution in [0.2, 0.25) is 0 Å². The van der Waals surface area contributed by atoms with Gasteiger partial charge in [0.15, 0.2) is 9.84 Å². The van der Waals surface area contributed by atoms with Crippen LogP contribution in [0.3, 0.4) is 0 Å². The van der Waals surface area contributed by atoms with Crippen molar-refractivity contribution in [1.29, 1.82) is 0 Å². The number of aromatic nitrogens is 2. The van der Waals surface area contributed by atoms with Crippen molar-refractivity contribution in [2.24, 2.45) is 0 Å². The summed E-state index contributed by atoms with van der Waals surface area (Å²) in [6.07, 6.45) is 2.73. The number of nitrogens with zero attached hydrogens (tertiary/aromatic N) is 2. The van der Waals surface area contributed by atoms with Gasteiger partial charge in [-0.2, -0.15) is 0 Å². The maximum Gasteiger partial charge on any atom is 0.175 e. The van der Waals surface area contributed by atoms with Crippen LogP contribution < -0.4 is 0 Å². The van der Waals surface area contributed by atoms with Crippen molar-refractivity contribution in [3.05, 3.63) is 58.1 Å². The molecule has 0 bridgehead atoms. The Morgan fingerprint density at radius 1 is 1.29 bits per heavy atom. The number of rotatable bonds is 2. The Morgan fingerprint density at radius 3 is 2.79 bits per heavy atom. The fraction of sp³-hybridized carbons (Fsp3) is 0.235. The van der Waals surface area contributed by atoms with Gasteiger partial charge < -0.3 is 4.57 Å². The quantitative estimate of drug-likeness (QED) is 0.646. The number of halogens is 2. The molecule has 0 amide bonds. The van der Waals surface area contributed by atoms with Gasteiger partial charge in [-0.25, -0.2) is 17.8 Å². The predicted octanol–water partition coefficient (Wildman–Crippen LogP) is 3.88. The van der Waals surface area contributed by atoms with E-state index in [1.54, 1.807) is 18.2 Å². The van der Waals surface area contributed by atoms with E-state index >= 15 is 0 Å². The van der Waals surface area contributed by atoms with Crippen molar-refractivity contribution < 1.29 is 12.8 Å². The molecule has 0 saturated heterocycles. The fourth-order valence-corrected chi connectivity index (χ4v) is 4.74. The maximum absolute atomic E-state index is 13.8. The fourth-order valence-electron chi connectivity index (χ4n) is 3.45. The van der Waals surface area contributed by atoms with Gasteiger partial charge in [-0.05, 0) is 40.0 Å². The van der Waals surface area contributed by atoms with Crippen LogP contribution in [-0.4, -0.2) is 24.2 Å². The first kappa shape index (κ1) is 15.8. The van der Waals surface area contributed by atoms with Crippen LogP contribution >= 0.6 is 15.9 Å². The largest absolute Gasteiger partial charge is 0.320 e. The van der Waals surface area contributed by atoms with E-state index in [1.807, 2.05) is 16.7 Å². The van der Waals surface area contributed by atoms with Crippen molar-refractivity contribution >= 4 is 36.8 Å². The molecule has 1 aliphatic rings. The molecule has 124 valence electrons. The van der Waals surface area contributed by atoms with Gasteiger partial charge >= 0.3 is 0 Å². The monoisotopic (exact) mass is 408 g/mol. The minimum atomic E-state index is -3.33. The number of aryl methyl sites for hydroxylation is 1. The van der Waals surface area contributed by atoms with Crippen molar-refractivity contribution in [1.82, 2.24) is 9.55 Å². The second-order valence-electron chi connectivity index (χ2n) is 6.02. The molecule has 3 aromatic rings. The highest BCUT2D eigenvalue weighted by atomic mass is 79.9. The number of hydrogen-bond acceptors (Lipinski definition) is 3. The zero-order valence-electron chi connectivity index (χ0n) is 12.8. The molecule has 1 unspecified atom stereocenters. The van der Waals surface area contributed by atoms with Gasteiger partial charge in [0.2, 0.25) is 0 Å². The predicted molar refractivity (Wildman–Crippen MR) is 93.4 cm³/mol. The average Bonchev–Trinajstić information content (AvgIpc) is 3.07. The van der Waals surface area contributed by atoms with E-state index in [9.17, 15) is 12.8 Å². The summed E-state index contributed by atoms with van der Waals surface area (Å²) in [7, 11) is -3.33. The molecule has 0 radical (unpaired) electrons. The van der Waals surface area contributed by atoms with Crippen LogP contribution in [-0.2, 0) is 16.3 Å². The molecular formula is C17H14BrFN2O2S. The first-order valence-corrected chi connectivity index (χ1v) is 10.2.